The number of carbonyl (C=O) groups excluding carboxylic acids is 1. The molecule has 8 nitrogen and oxygen atoms in total. The van der Waals surface area contributed by atoms with E-state index in [4.69, 9.17) is 4.74 Å². The fourth-order valence-corrected chi connectivity index (χ4v) is 2.78. The summed E-state index contributed by atoms with van der Waals surface area (Å²) >= 11 is 0. The predicted octanol–water partition coefficient (Wildman–Crippen LogP) is 0.183. The van der Waals surface area contributed by atoms with Crippen molar-refractivity contribution in [2.75, 3.05) is 40.4 Å². The number of benzene rings is 1. The Hall–Kier alpha value is -2.32. The summed E-state index contributed by atoms with van der Waals surface area (Å²) in [7, 11) is 3.45. The summed E-state index contributed by atoms with van der Waals surface area (Å²) in [6, 6.07) is 10.0. The van der Waals surface area contributed by atoms with Crippen LogP contribution in [0.15, 0.2) is 30.3 Å². The van der Waals surface area contributed by atoms with Crippen molar-refractivity contribution in [1.29, 1.82) is 0 Å². The van der Waals surface area contributed by atoms with Crippen LogP contribution in [0.3, 0.4) is 0 Å². The van der Waals surface area contributed by atoms with E-state index in [1.807, 2.05) is 18.2 Å². The van der Waals surface area contributed by atoms with Crippen LogP contribution in [0.5, 0.6) is 0 Å². The molecule has 2 aromatic rings. The second kappa shape index (κ2) is 7.50. The van der Waals surface area contributed by atoms with Gasteiger partial charge < -0.3 is 9.64 Å². The fourth-order valence-electron chi connectivity index (χ4n) is 2.78. The minimum Gasteiger partial charge on any atom is -0.379 e. The van der Waals surface area contributed by atoms with Crippen molar-refractivity contribution in [1.82, 2.24) is 30.0 Å². The van der Waals surface area contributed by atoms with E-state index >= 15 is 0 Å². The summed E-state index contributed by atoms with van der Waals surface area (Å²) in [6.07, 6.45) is 0. The number of likely N-dealkylation sites (N-methyl/N-ethyl adjacent to an activating group) is 1. The van der Waals surface area contributed by atoms with E-state index < -0.39 is 0 Å². The molecule has 0 radical (unpaired) electrons. The van der Waals surface area contributed by atoms with E-state index in [0.29, 0.717) is 19.0 Å². The van der Waals surface area contributed by atoms with Crippen molar-refractivity contribution < 1.29 is 9.53 Å². The van der Waals surface area contributed by atoms with E-state index in [1.54, 1.807) is 18.8 Å². The van der Waals surface area contributed by atoms with E-state index in [0.717, 1.165) is 18.7 Å². The number of aromatic nitrogens is 4. The summed E-state index contributed by atoms with van der Waals surface area (Å²) in [5.41, 5.74) is 1.10. The van der Waals surface area contributed by atoms with Crippen LogP contribution in [0, 0.1) is 0 Å². The lowest BCUT2D eigenvalue weighted by Gasteiger charge is -2.33. The zero-order valence-electron chi connectivity index (χ0n) is 14.0. The lowest BCUT2D eigenvalue weighted by molar-refractivity contribution is -0.129. The zero-order valence-corrected chi connectivity index (χ0v) is 14.0. The molecule has 1 amide bonds. The molecular weight excluding hydrogens is 308 g/mol. The minimum atomic E-state index is -0.0972. The van der Waals surface area contributed by atoms with E-state index in [9.17, 15) is 4.79 Å². The number of carbonyl (C=O) groups is 1. The van der Waals surface area contributed by atoms with Crippen LogP contribution >= 0.6 is 0 Å². The molecule has 8 heteroatoms. The molecule has 0 N–H and O–H groups in total. The van der Waals surface area contributed by atoms with Gasteiger partial charge in [0.1, 0.15) is 6.54 Å². The third-order valence-electron chi connectivity index (χ3n) is 4.11. The molecule has 1 aromatic carbocycles. The Bertz CT molecular complexity index is 666. The van der Waals surface area contributed by atoms with Gasteiger partial charge in [0.25, 0.3) is 0 Å². The third-order valence-corrected chi connectivity index (χ3v) is 4.11. The van der Waals surface area contributed by atoms with Crippen molar-refractivity contribution in [2.45, 2.75) is 12.6 Å². The van der Waals surface area contributed by atoms with Crippen LogP contribution < -0.4 is 0 Å². The number of amides is 1. The van der Waals surface area contributed by atoms with Gasteiger partial charge >= 0.3 is 0 Å². The van der Waals surface area contributed by atoms with Crippen LogP contribution in [-0.4, -0.2) is 76.3 Å². The van der Waals surface area contributed by atoms with Crippen molar-refractivity contribution in [2.24, 2.45) is 0 Å². The zero-order chi connectivity index (χ0) is 16.9. The second-order valence-corrected chi connectivity index (χ2v) is 5.94. The quantitative estimate of drug-likeness (QED) is 0.779. The van der Waals surface area contributed by atoms with Gasteiger partial charge in [-0.1, -0.05) is 30.3 Å². The highest BCUT2D eigenvalue weighted by atomic mass is 16.5. The van der Waals surface area contributed by atoms with Gasteiger partial charge in [-0.25, -0.2) is 4.68 Å². The Kier molecular flexibility index (Phi) is 5.17. The molecule has 1 aliphatic heterocycles. The van der Waals surface area contributed by atoms with Gasteiger partial charge in [-0.15, -0.1) is 5.10 Å². The molecule has 128 valence electrons. The molecule has 1 fully saturated rings. The third kappa shape index (κ3) is 3.60. The summed E-state index contributed by atoms with van der Waals surface area (Å²) < 4.78 is 7.06. The average molecular weight is 330 g/mol. The highest BCUT2D eigenvalue weighted by molar-refractivity contribution is 5.75. The Morgan fingerprint density at radius 3 is 2.62 bits per heavy atom. The average Bonchev–Trinajstić information content (AvgIpc) is 3.05. The van der Waals surface area contributed by atoms with Gasteiger partial charge in [-0.05, 0) is 16.0 Å². The fraction of sp³-hybridized carbons (Fsp3) is 0.500. The molecule has 0 aliphatic carbocycles. The minimum absolute atomic E-state index is 0.0441. The van der Waals surface area contributed by atoms with E-state index in [2.05, 4.69) is 32.6 Å². The molecule has 0 bridgehead atoms. The number of tetrazole rings is 1. The summed E-state index contributed by atoms with van der Waals surface area (Å²) in [5, 5.41) is 12.1. The number of nitrogens with zero attached hydrogens (tertiary/aromatic N) is 6. The maximum Gasteiger partial charge on any atom is 0.243 e. The lowest BCUT2D eigenvalue weighted by Crippen LogP contribution is -2.41. The molecule has 0 spiro atoms. The predicted molar refractivity (Wildman–Crippen MR) is 87.2 cm³/mol. The first-order valence-electron chi connectivity index (χ1n) is 8.00. The molecule has 24 heavy (non-hydrogen) atoms. The summed E-state index contributed by atoms with van der Waals surface area (Å²) in [6.45, 7) is 3.09. The van der Waals surface area contributed by atoms with Crippen molar-refractivity contribution >= 4 is 5.91 Å². The van der Waals surface area contributed by atoms with Gasteiger partial charge in [0.15, 0.2) is 5.82 Å². The Morgan fingerprint density at radius 2 is 1.96 bits per heavy atom. The molecule has 1 atom stereocenters. The first-order valence-corrected chi connectivity index (χ1v) is 8.00. The van der Waals surface area contributed by atoms with Crippen LogP contribution in [0.25, 0.3) is 0 Å². The number of hydrogen-bond donors (Lipinski definition) is 0. The Morgan fingerprint density at radius 1 is 1.25 bits per heavy atom. The largest absolute Gasteiger partial charge is 0.379 e. The van der Waals surface area contributed by atoms with Crippen LogP contribution in [0.2, 0.25) is 0 Å². The lowest BCUT2D eigenvalue weighted by atomic mass is 10.0. The highest BCUT2D eigenvalue weighted by Gasteiger charge is 2.29. The smallest absolute Gasteiger partial charge is 0.243 e. The standard InChI is InChI=1S/C16H22N6O2/c1-20(2)14(23)12-22-16(17-18-19-22)15(13-6-4-3-5-7-13)21-8-10-24-11-9-21/h3-7,15H,8-12H2,1-2H3. The maximum absolute atomic E-state index is 12.1. The van der Waals surface area contributed by atoms with Crippen LogP contribution in [0.1, 0.15) is 17.4 Å². The Balaban J connectivity index is 1.94. The number of rotatable bonds is 5. The van der Waals surface area contributed by atoms with Crippen LogP contribution in [0.4, 0.5) is 0 Å². The van der Waals surface area contributed by atoms with E-state index in [1.165, 1.54) is 4.90 Å². The van der Waals surface area contributed by atoms with Gasteiger partial charge in [0.05, 0.1) is 19.3 Å². The topological polar surface area (TPSA) is 76.4 Å². The normalized spacial score (nSPS) is 16.8. The number of morpholine rings is 1. The molecule has 1 aliphatic rings. The van der Waals surface area contributed by atoms with Crippen LogP contribution in [-0.2, 0) is 16.1 Å². The van der Waals surface area contributed by atoms with Crippen molar-refractivity contribution in [3.05, 3.63) is 41.7 Å². The van der Waals surface area contributed by atoms with E-state index in [-0.39, 0.29) is 18.5 Å². The maximum atomic E-state index is 12.1. The monoisotopic (exact) mass is 330 g/mol. The Labute approximate surface area is 141 Å². The van der Waals surface area contributed by atoms with Crippen molar-refractivity contribution in [3.63, 3.8) is 0 Å². The summed E-state index contributed by atoms with van der Waals surface area (Å²) in [5.74, 6) is 0.635. The van der Waals surface area contributed by atoms with Gasteiger partial charge in [-0.2, -0.15) is 0 Å². The molecule has 1 saturated heterocycles. The van der Waals surface area contributed by atoms with Crippen molar-refractivity contribution in [3.8, 4) is 0 Å². The molecule has 1 aromatic heterocycles. The van der Waals surface area contributed by atoms with Gasteiger partial charge in [0.2, 0.25) is 5.91 Å². The summed E-state index contributed by atoms with van der Waals surface area (Å²) in [4.78, 5) is 15.9. The molecule has 2 heterocycles. The molecular formula is C16H22N6O2. The first-order chi connectivity index (χ1) is 11.7. The number of ether oxygens (including phenoxy) is 1. The second-order valence-electron chi connectivity index (χ2n) is 5.94. The molecule has 1 unspecified atom stereocenters. The molecule has 3 rings (SSSR count). The van der Waals surface area contributed by atoms with Gasteiger partial charge in [-0.3, -0.25) is 9.69 Å². The number of hydrogen-bond acceptors (Lipinski definition) is 6. The highest BCUT2D eigenvalue weighted by Crippen LogP contribution is 2.27. The molecule has 0 saturated carbocycles. The SMILES string of the molecule is CN(C)C(=O)Cn1nnnc1C(c1ccccc1)N1CCOCC1. The first kappa shape index (κ1) is 16.5. The van der Waals surface area contributed by atoms with Gasteiger partial charge in [0, 0.05) is 27.2 Å².